The van der Waals surface area contributed by atoms with Crippen molar-refractivity contribution in [1.29, 1.82) is 0 Å². The van der Waals surface area contributed by atoms with E-state index in [4.69, 9.17) is 0 Å². The maximum absolute atomic E-state index is 12.4. The van der Waals surface area contributed by atoms with Gasteiger partial charge in [0.15, 0.2) is 12.4 Å². The van der Waals surface area contributed by atoms with Crippen molar-refractivity contribution in [3.63, 3.8) is 0 Å². The molecule has 26 heavy (non-hydrogen) atoms. The van der Waals surface area contributed by atoms with Crippen LogP contribution in [0.4, 0.5) is 0 Å². The van der Waals surface area contributed by atoms with Gasteiger partial charge in [0, 0.05) is 25.6 Å². The molecule has 0 aliphatic heterocycles. The van der Waals surface area contributed by atoms with E-state index in [1.807, 2.05) is 37.1 Å². The minimum absolute atomic E-state index is 0. The highest BCUT2D eigenvalue weighted by Crippen LogP contribution is 2.10. The van der Waals surface area contributed by atoms with E-state index >= 15 is 0 Å². The Hall–Kier alpha value is -0.900. The van der Waals surface area contributed by atoms with Gasteiger partial charge in [-0.05, 0) is 26.3 Å². The van der Waals surface area contributed by atoms with Crippen LogP contribution >= 0.6 is 0 Å². The number of pyridine rings is 1. The average molecular weight is 427 g/mol. The number of aromatic nitrogens is 1. The molecule has 1 heterocycles. The zero-order valence-electron chi connectivity index (χ0n) is 17.2. The third-order valence-electron chi connectivity index (χ3n) is 4.93. The summed E-state index contributed by atoms with van der Waals surface area (Å²) in [6, 6.07) is 3.92. The van der Waals surface area contributed by atoms with Crippen molar-refractivity contribution in [2.24, 2.45) is 0 Å². The number of nitrogens with zero attached hydrogens (tertiary/aromatic N) is 2. The van der Waals surface area contributed by atoms with Gasteiger partial charge in [-0.1, -0.05) is 58.3 Å². The third kappa shape index (κ3) is 10.3. The number of carbonyl (C=O) groups is 1. The van der Waals surface area contributed by atoms with Gasteiger partial charge in [-0.15, -0.1) is 0 Å². The highest BCUT2D eigenvalue weighted by Gasteiger charge is 2.15. The van der Waals surface area contributed by atoms with Crippen LogP contribution < -0.4 is 21.5 Å². The molecular weight excluding hydrogens is 388 g/mol. The van der Waals surface area contributed by atoms with Gasteiger partial charge in [0.2, 0.25) is 0 Å². The van der Waals surface area contributed by atoms with Gasteiger partial charge in [-0.3, -0.25) is 4.79 Å². The lowest BCUT2D eigenvalue weighted by atomic mass is 10.1. The summed E-state index contributed by atoms with van der Waals surface area (Å²) in [7, 11) is 0. The fourth-order valence-electron chi connectivity index (χ4n) is 3.26. The quantitative estimate of drug-likeness (QED) is 0.331. The molecular formula is C22H39BrN2O. The lowest BCUT2D eigenvalue weighted by Gasteiger charge is -2.17. The van der Waals surface area contributed by atoms with Crippen LogP contribution in [0.25, 0.3) is 0 Å². The molecule has 1 amide bonds. The molecule has 0 unspecified atom stereocenters. The first-order chi connectivity index (χ1) is 12.2. The molecule has 0 saturated carbocycles. The monoisotopic (exact) mass is 426 g/mol. The lowest BCUT2D eigenvalue weighted by Crippen LogP contribution is -3.00. The Morgan fingerprint density at radius 2 is 1.42 bits per heavy atom. The molecule has 0 radical (unpaired) electrons. The van der Waals surface area contributed by atoms with Crippen molar-refractivity contribution >= 4 is 5.91 Å². The second-order valence-electron chi connectivity index (χ2n) is 6.99. The lowest BCUT2D eigenvalue weighted by molar-refractivity contribution is -0.697. The minimum atomic E-state index is 0. The van der Waals surface area contributed by atoms with Gasteiger partial charge in [-0.25, -0.2) is 4.57 Å². The van der Waals surface area contributed by atoms with Crippen LogP contribution in [-0.2, 0) is 6.54 Å². The number of hydrogen-bond acceptors (Lipinski definition) is 1. The van der Waals surface area contributed by atoms with E-state index in [1.54, 1.807) is 0 Å². The van der Waals surface area contributed by atoms with Crippen LogP contribution in [0.2, 0.25) is 0 Å². The smallest absolute Gasteiger partial charge is 0.259 e. The molecule has 0 aliphatic carbocycles. The van der Waals surface area contributed by atoms with Crippen LogP contribution in [0.1, 0.15) is 95.3 Å². The highest BCUT2D eigenvalue weighted by atomic mass is 79.9. The molecule has 0 N–H and O–H groups in total. The van der Waals surface area contributed by atoms with Crippen molar-refractivity contribution in [3.05, 3.63) is 30.1 Å². The zero-order valence-corrected chi connectivity index (χ0v) is 18.8. The second-order valence-corrected chi connectivity index (χ2v) is 6.99. The average Bonchev–Trinajstić information content (AvgIpc) is 2.64. The highest BCUT2D eigenvalue weighted by molar-refractivity contribution is 5.93. The number of rotatable bonds is 14. The fraction of sp³-hybridized carbons (Fsp3) is 0.727. The van der Waals surface area contributed by atoms with E-state index < -0.39 is 0 Å². The van der Waals surface area contributed by atoms with Crippen molar-refractivity contribution < 1.29 is 26.3 Å². The van der Waals surface area contributed by atoms with E-state index in [-0.39, 0.29) is 22.9 Å². The third-order valence-corrected chi connectivity index (χ3v) is 4.93. The van der Waals surface area contributed by atoms with E-state index in [2.05, 4.69) is 17.7 Å². The molecule has 0 aromatic carbocycles. The normalized spacial score (nSPS) is 10.4. The van der Waals surface area contributed by atoms with Gasteiger partial charge in [0.1, 0.15) is 12.1 Å². The Morgan fingerprint density at radius 1 is 0.885 bits per heavy atom. The Morgan fingerprint density at radius 3 is 1.96 bits per heavy atom. The Balaban J connectivity index is 0.00000625. The van der Waals surface area contributed by atoms with E-state index in [0.29, 0.717) is 0 Å². The molecule has 1 rings (SSSR count). The van der Waals surface area contributed by atoms with E-state index in [0.717, 1.165) is 25.2 Å². The van der Waals surface area contributed by atoms with Gasteiger partial charge in [0.25, 0.3) is 5.91 Å². The first-order valence-corrected chi connectivity index (χ1v) is 10.5. The van der Waals surface area contributed by atoms with Gasteiger partial charge >= 0.3 is 0 Å². The standard InChI is InChI=1S/C22H39N2O.BrH/c1-4-7-8-9-10-11-12-13-14-15-18-23-19-16-17-21(20-23)22(25)24(5-2)6-3;/h16-17,19-20H,4-15,18H2,1-3H3;1H/q+1;/p-1. The number of carbonyl (C=O) groups excluding carboxylic acids is 1. The summed E-state index contributed by atoms with van der Waals surface area (Å²) in [6.07, 6.45) is 17.6. The fourth-order valence-corrected chi connectivity index (χ4v) is 3.26. The summed E-state index contributed by atoms with van der Waals surface area (Å²) in [5, 5.41) is 0. The maximum Gasteiger partial charge on any atom is 0.259 e. The number of aryl methyl sites for hydroxylation is 1. The molecule has 0 saturated heterocycles. The zero-order chi connectivity index (χ0) is 18.3. The molecule has 0 fully saturated rings. The summed E-state index contributed by atoms with van der Waals surface area (Å²) in [5.74, 6) is 0.141. The first kappa shape index (κ1) is 25.1. The summed E-state index contributed by atoms with van der Waals surface area (Å²) in [6.45, 7) is 8.87. The number of hydrogen-bond donors (Lipinski definition) is 0. The Kier molecular flexibility index (Phi) is 15.7. The van der Waals surface area contributed by atoms with Gasteiger partial charge in [-0.2, -0.15) is 0 Å². The predicted molar refractivity (Wildman–Crippen MR) is 106 cm³/mol. The van der Waals surface area contributed by atoms with Crippen molar-refractivity contribution in [2.75, 3.05) is 13.1 Å². The summed E-state index contributed by atoms with van der Waals surface area (Å²) < 4.78 is 2.17. The van der Waals surface area contributed by atoms with Gasteiger partial charge in [0.05, 0.1) is 0 Å². The van der Waals surface area contributed by atoms with Crippen molar-refractivity contribution in [1.82, 2.24) is 4.90 Å². The molecule has 1 aromatic rings. The number of halogens is 1. The number of unbranched alkanes of at least 4 members (excludes halogenated alkanes) is 9. The first-order valence-electron chi connectivity index (χ1n) is 10.5. The second kappa shape index (κ2) is 16.3. The molecule has 0 bridgehead atoms. The van der Waals surface area contributed by atoms with Crippen LogP contribution in [0, 0.1) is 0 Å². The van der Waals surface area contributed by atoms with E-state index in [9.17, 15) is 4.79 Å². The Bertz CT molecular complexity index is 475. The van der Waals surface area contributed by atoms with Crippen LogP contribution in [0.3, 0.4) is 0 Å². The molecule has 3 nitrogen and oxygen atoms in total. The molecule has 1 aromatic heterocycles. The molecule has 4 heteroatoms. The topological polar surface area (TPSA) is 24.2 Å². The van der Waals surface area contributed by atoms with Crippen molar-refractivity contribution in [2.45, 2.75) is 91.5 Å². The van der Waals surface area contributed by atoms with Gasteiger partial charge < -0.3 is 21.9 Å². The summed E-state index contributed by atoms with van der Waals surface area (Å²) in [5.41, 5.74) is 0.804. The minimum Gasteiger partial charge on any atom is -1.00 e. The van der Waals surface area contributed by atoms with Crippen LogP contribution in [0.5, 0.6) is 0 Å². The molecule has 0 atom stereocenters. The summed E-state index contributed by atoms with van der Waals surface area (Å²) in [4.78, 5) is 14.3. The largest absolute Gasteiger partial charge is 1.00 e. The molecule has 150 valence electrons. The Labute approximate surface area is 171 Å². The molecule has 0 aliphatic rings. The summed E-state index contributed by atoms with van der Waals surface area (Å²) >= 11 is 0. The van der Waals surface area contributed by atoms with E-state index in [1.165, 1.54) is 64.2 Å². The predicted octanol–water partition coefficient (Wildman–Crippen LogP) is 2.38. The maximum atomic E-state index is 12.4. The SMILES string of the molecule is CCCCCCCCCCCC[n+]1cccc(C(=O)N(CC)CC)c1.[Br-]. The molecule has 0 spiro atoms. The van der Waals surface area contributed by atoms with Crippen LogP contribution in [0.15, 0.2) is 24.5 Å². The van der Waals surface area contributed by atoms with Crippen LogP contribution in [-0.4, -0.2) is 23.9 Å². The van der Waals surface area contributed by atoms with Crippen molar-refractivity contribution in [3.8, 4) is 0 Å². The number of amides is 1.